The first-order valence-electron chi connectivity index (χ1n) is 7.86. The van der Waals surface area contributed by atoms with Gasteiger partial charge in [-0.25, -0.2) is 0 Å². The summed E-state index contributed by atoms with van der Waals surface area (Å²) in [6.45, 7) is 0.497. The molecule has 0 bridgehead atoms. The maximum absolute atomic E-state index is 12.6. The van der Waals surface area contributed by atoms with Crippen LogP contribution in [0.5, 0.6) is 0 Å². The molecule has 1 aliphatic rings. The van der Waals surface area contributed by atoms with Crippen LogP contribution in [0.15, 0.2) is 54.6 Å². The highest BCUT2D eigenvalue weighted by molar-refractivity contribution is 5.98. The first-order valence-corrected chi connectivity index (χ1v) is 7.86. The van der Waals surface area contributed by atoms with Crippen LogP contribution in [0.25, 0.3) is 0 Å². The summed E-state index contributed by atoms with van der Waals surface area (Å²) < 4.78 is 0. The lowest BCUT2D eigenvalue weighted by atomic mass is 10.0. The van der Waals surface area contributed by atoms with Crippen molar-refractivity contribution in [1.82, 2.24) is 9.80 Å². The Balaban J connectivity index is 1.78. The number of hydrogen-bond donors (Lipinski definition) is 1. The van der Waals surface area contributed by atoms with E-state index in [9.17, 15) is 9.90 Å². The summed E-state index contributed by atoms with van der Waals surface area (Å²) in [6.07, 6.45) is -0.0161. The quantitative estimate of drug-likeness (QED) is 0.921. The van der Waals surface area contributed by atoms with Gasteiger partial charge in [0, 0.05) is 23.7 Å². The van der Waals surface area contributed by atoms with Crippen LogP contribution in [0.3, 0.4) is 0 Å². The summed E-state index contributed by atoms with van der Waals surface area (Å²) in [5.41, 5.74) is 2.54. The lowest BCUT2D eigenvalue weighted by Gasteiger charge is -2.31. The number of fused-ring (bicyclic) bond motifs is 1. The van der Waals surface area contributed by atoms with E-state index in [1.165, 1.54) is 5.56 Å². The molecule has 2 atom stereocenters. The van der Waals surface area contributed by atoms with Gasteiger partial charge in [0.05, 0.1) is 0 Å². The molecule has 23 heavy (non-hydrogen) atoms. The standard InChI is InChI=1S/C19H22N2O2/c1-20(2)15(12-14-8-4-3-5-9-14)13-21-18(22)16-10-6-7-11-17(16)19(21)23/h3-11,15,18,22H,12-13H2,1-2H3. The Morgan fingerprint density at radius 3 is 2.39 bits per heavy atom. The maximum Gasteiger partial charge on any atom is 0.256 e. The SMILES string of the molecule is CN(C)C(Cc1ccccc1)CN1C(=O)c2ccccc2C1O. The Labute approximate surface area is 137 Å². The number of benzene rings is 2. The van der Waals surface area contributed by atoms with Crippen molar-refractivity contribution in [2.45, 2.75) is 18.7 Å². The van der Waals surface area contributed by atoms with Crippen molar-refractivity contribution in [1.29, 1.82) is 0 Å². The first kappa shape index (κ1) is 15.7. The molecule has 0 fully saturated rings. The van der Waals surface area contributed by atoms with Gasteiger partial charge < -0.3 is 14.9 Å². The highest BCUT2D eigenvalue weighted by Gasteiger charge is 2.36. The largest absolute Gasteiger partial charge is 0.369 e. The third-order valence-electron chi connectivity index (χ3n) is 4.48. The van der Waals surface area contributed by atoms with Gasteiger partial charge in [-0.2, -0.15) is 0 Å². The number of carbonyl (C=O) groups is 1. The normalized spacial score (nSPS) is 18.3. The van der Waals surface area contributed by atoms with Gasteiger partial charge in [0.15, 0.2) is 6.23 Å². The van der Waals surface area contributed by atoms with Gasteiger partial charge in [0.1, 0.15) is 0 Å². The van der Waals surface area contributed by atoms with Crippen molar-refractivity contribution >= 4 is 5.91 Å². The van der Waals surface area contributed by atoms with Crippen molar-refractivity contribution in [3.8, 4) is 0 Å². The van der Waals surface area contributed by atoms with Crippen LogP contribution in [0.4, 0.5) is 0 Å². The fourth-order valence-corrected chi connectivity index (χ4v) is 3.06. The Morgan fingerprint density at radius 1 is 1.09 bits per heavy atom. The van der Waals surface area contributed by atoms with Crippen molar-refractivity contribution in [3.05, 3.63) is 71.3 Å². The Hall–Kier alpha value is -2.17. The molecule has 2 aromatic rings. The van der Waals surface area contributed by atoms with E-state index in [-0.39, 0.29) is 11.9 Å². The lowest BCUT2D eigenvalue weighted by molar-refractivity contribution is 0.00761. The van der Waals surface area contributed by atoms with E-state index >= 15 is 0 Å². The molecule has 1 heterocycles. The number of aliphatic hydroxyl groups is 1. The molecule has 4 nitrogen and oxygen atoms in total. The minimum atomic E-state index is -0.850. The number of carbonyl (C=O) groups excluding carboxylic acids is 1. The second kappa shape index (κ2) is 6.52. The van der Waals surface area contributed by atoms with E-state index in [2.05, 4.69) is 17.0 Å². The zero-order valence-electron chi connectivity index (χ0n) is 13.5. The summed E-state index contributed by atoms with van der Waals surface area (Å²) in [6, 6.07) is 17.7. The van der Waals surface area contributed by atoms with Gasteiger partial charge in [0.25, 0.3) is 5.91 Å². The van der Waals surface area contributed by atoms with Crippen molar-refractivity contribution in [3.63, 3.8) is 0 Å². The van der Waals surface area contributed by atoms with Crippen LogP contribution in [0.2, 0.25) is 0 Å². The van der Waals surface area contributed by atoms with E-state index in [0.717, 1.165) is 6.42 Å². The van der Waals surface area contributed by atoms with Crippen LogP contribution in [-0.2, 0) is 6.42 Å². The fourth-order valence-electron chi connectivity index (χ4n) is 3.06. The minimum Gasteiger partial charge on any atom is -0.369 e. The average molecular weight is 310 g/mol. The summed E-state index contributed by atoms with van der Waals surface area (Å²) in [5.74, 6) is -0.0898. The number of likely N-dealkylation sites (N-methyl/N-ethyl adjacent to an activating group) is 1. The van der Waals surface area contributed by atoms with Crippen LogP contribution in [0, 0.1) is 0 Å². The van der Waals surface area contributed by atoms with Crippen molar-refractivity contribution < 1.29 is 9.90 Å². The molecular formula is C19H22N2O2. The molecule has 3 rings (SSSR count). The number of hydrogen-bond acceptors (Lipinski definition) is 3. The second-order valence-corrected chi connectivity index (χ2v) is 6.23. The first-order chi connectivity index (χ1) is 11.1. The van der Waals surface area contributed by atoms with E-state index in [1.807, 2.05) is 50.5 Å². The maximum atomic E-state index is 12.6. The molecule has 1 amide bonds. The molecule has 0 aromatic heterocycles. The van der Waals surface area contributed by atoms with E-state index in [4.69, 9.17) is 0 Å². The number of rotatable bonds is 5. The molecule has 0 spiro atoms. The molecule has 1 N–H and O–H groups in total. The Morgan fingerprint density at radius 2 is 1.74 bits per heavy atom. The molecule has 4 heteroatoms. The van der Waals surface area contributed by atoms with Crippen LogP contribution in [-0.4, -0.2) is 47.5 Å². The summed E-state index contributed by atoms with van der Waals surface area (Å²) in [7, 11) is 4.02. The van der Waals surface area contributed by atoms with Gasteiger partial charge in [-0.1, -0.05) is 48.5 Å². The average Bonchev–Trinajstić information content (AvgIpc) is 2.80. The zero-order valence-corrected chi connectivity index (χ0v) is 13.5. The molecule has 0 saturated carbocycles. The minimum absolute atomic E-state index is 0.0898. The molecular weight excluding hydrogens is 288 g/mol. The van der Waals surface area contributed by atoms with Crippen LogP contribution in [0.1, 0.15) is 27.7 Å². The predicted molar refractivity (Wildman–Crippen MR) is 90.1 cm³/mol. The van der Waals surface area contributed by atoms with Crippen molar-refractivity contribution in [2.24, 2.45) is 0 Å². The molecule has 0 aliphatic carbocycles. The highest BCUT2D eigenvalue weighted by Crippen LogP contribution is 2.31. The van der Waals surface area contributed by atoms with E-state index < -0.39 is 6.23 Å². The highest BCUT2D eigenvalue weighted by atomic mass is 16.3. The van der Waals surface area contributed by atoms with Gasteiger partial charge in [-0.3, -0.25) is 4.79 Å². The van der Waals surface area contributed by atoms with Crippen LogP contribution < -0.4 is 0 Å². The zero-order chi connectivity index (χ0) is 16.4. The molecule has 2 unspecified atom stereocenters. The molecule has 0 radical (unpaired) electrons. The Kier molecular flexibility index (Phi) is 4.46. The number of nitrogens with zero attached hydrogens (tertiary/aromatic N) is 2. The van der Waals surface area contributed by atoms with Crippen molar-refractivity contribution in [2.75, 3.05) is 20.6 Å². The van der Waals surface area contributed by atoms with E-state index in [0.29, 0.717) is 17.7 Å². The molecule has 0 saturated heterocycles. The molecule has 1 aliphatic heterocycles. The smallest absolute Gasteiger partial charge is 0.256 e. The molecule has 120 valence electrons. The molecule has 2 aromatic carbocycles. The lowest BCUT2D eigenvalue weighted by Crippen LogP contribution is -2.43. The summed E-state index contributed by atoms with van der Waals surface area (Å²) >= 11 is 0. The van der Waals surface area contributed by atoms with Gasteiger partial charge in [0.2, 0.25) is 0 Å². The van der Waals surface area contributed by atoms with Gasteiger partial charge in [-0.15, -0.1) is 0 Å². The third-order valence-corrected chi connectivity index (χ3v) is 4.48. The third kappa shape index (κ3) is 3.14. The summed E-state index contributed by atoms with van der Waals surface area (Å²) in [5, 5.41) is 10.5. The number of aliphatic hydroxyl groups excluding tert-OH is 1. The summed E-state index contributed by atoms with van der Waals surface area (Å²) in [4.78, 5) is 16.2. The second-order valence-electron chi connectivity index (χ2n) is 6.23. The fraction of sp³-hybridized carbons (Fsp3) is 0.316. The van der Waals surface area contributed by atoms with E-state index in [1.54, 1.807) is 11.0 Å². The van der Waals surface area contributed by atoms with Gasteiger partial charge >= 0.3 is 0 Å². The number of amides is 1. The van der Waals surface area contributed by atoms with Gasteiger partial charge in [-0.05, 0) is 32.1 Å². The Bertz CT molecular complexity index is 685. The van der Waals surface area contributed by atoms with Crippen LogP contribution >= 0.6 is 0 Å². The topological polar surface area (TPSA) is 43.8 Å². The predicted octanol–water partition coefficient (Wildman–Crippen LogP) is 2.31. The monoisotopic (exact) mass is 310 g/mol.